The molecule has 1 heteroatoms. The Balaban J connectivity index is 2.21. The number of ether oxygens (including phenoxy) is 1. The van der Waals surface area contributed by atoms with Crippen LogP contribution in [0.4, 0.5) is 0 Å². The SMILES string of the molecule is CC(C)(C)[C@]12CC=CC[C@H]1O2. The van der Waals surface area contributed by atoms with E-state index in [9.17, 15) is 0 Å². The van der Waals surface area contributed by atoms with Gasteiger partial charge in [-0.25, -0.2) is 0 Å². The third-order valence-corrected chi connectivity index (χ3v) is 3.02. The average Bonchev–Trinajstić information content (AvgIpc) is 2.59. The predicted molar refractivity (Wildman–Crippen MR) is 45.4 cm³/mol. The van der Waals surface area contributed by atoms with Crippen molar-refractivity contribution in [3.63, 3.8) is 0 Å². The van der Waals surface area contributed by atoms with Crippen LogP contribution in [0.5, 0.6) is 0 Å². The molecule has 0 aromatic rings. The van der Waals surface area contributed by atoms with Crippen molar-refractivity contribution >= 4 is 0 Å². The lowest BCUT2D eigenvalue weighted by Gasteiger charge is -2.28. The Hall–Kier alpha value is -0.300. The molecule has 1 saturated heterocycles. The summed E-state index contributed by atoms with van der Waals surface area (Å²) < 4.78 is 5.77. The van der Waals surface area contributed by atoms with Crippen LogP contribution in [-0.2, 0) is 4.74 Å². The Morgan fingerprint density at radius 1 is 1.36 bits per heavy atom. The van der Waals surface area contributed by atoms with E-state index in [1.165, 1.54) is 0 Å². The molecule has 0 bridgehead atoms. The average molecular weight is 152 g/mol. The molecule has 2 atom stereocenters. The lowest BCUT2D eigenvalue weighted by Crippen LogP contribution is -2.33. The minimum atomic E-state index is 0.196. The van der Waals surface area contributed by atoms with Gasteiger partial charge in [0, 0.05) is 0 Å². The van der Waals surface area contributed by atoms with Crippen LogP contribution in [0.15, 0.2) is 12.2 Å². The highest BCUT2D eigenvalue weighted by Crippen LogP contribution is 2.55. The van der Waals surface area contributed by atoms with E-state index < -0.39 is 0 Å². The zero-order chi connectivity index (χ0) is 8.11. The third-order valence-electron chi connectivity index (χ3n) is 3.02. The summed E-state index contributed by atoms with van der Waals surface area (Å²) in [7, 11) is 0. The van der Waals surface area contributed by atoms with Crippen LogP contribution in [0.1, 0.15) is 33.6 Å². The molecule has 0 spiro atoms. The maximum atomic E-state index is 5.77. The Morgan fingerprint density at radius 3 is 2.55 bits per heavy atom. The first-order valence-electron chi connectivity index (χ1n) is 4.39. The maximum absolute atomic E-state index is 5.77. The minimum Gasteiger partial charge on any atom is -0.365 e. The summed E-state index contributed by atoms with van der Waals surface area (Å²) in [6.07, 6.45) is 7.25. The van der Waals surface area contributed by atoms with E-state index in [-0.39, 0.29) is 5.60 Å². The molecule has 0 aromatic heterocycles. The molecule has 1 aliphatic carbocycles. The quantitative estimate of drug-likeness (QED) is 0.384. The van der Waals surface area contributed by atoms with Gasteiger partial charge in [-0.3, -0.25) is 0 Å². The molecule has 1 heterocycles. The molecule has 0 radical (unpaired) electrons. The lowest BCUT2D eigenvalue weighted by molar-refractivity contribution is 0.157. The van der Waals surface area contributed by atoms with Gasteiger partial charge in [-0.05, 0) is 18.3 Å². The fraction of sp³-hybridized carbons (Fsp3) is 0.800. The summed E-state index contributed by atoms with van der Waals surface area (Å²) in [6, 6.07) is 0. The second-order valence-electron chi connectivity index (χ2n) is 4.66. The van der Waals surface area contributed by atoms with Gasteiger partial charge in [0.05, 0.1) is 6.10 Å². The van der Waals surface area contributed by atoms with Crippen molar-refractivity contribution < 1.29 is 4.74 Å². The monoisotopic (exact) mass is 152 g/mol. The first-order valence-corrected chi connectivity index (χ1v) is 4.39. The van der Waals surface area contributed by atoms with E-state index in [2.05, 4.69) is 32.9 Å². The Morgan fingerprint density at radius 2 is 2.09 bits per heavy atom. The highest BCUT2D eigenvalue weighted by Gasteiger charge is 2.62. The van der Waals surface area contributed by atoms with Gasteiger partial charge in [0.25, 0.3) is 0 Å². The smallest absolute Gasteiger partial charge is 0.103 e. The molecule has 1 nitrogen and oxygen atoms in total. The van der Waals surface area contributed by atoms with Gasteiger partial charge in [0.2, 0.25) is 0 Å². The molecule has 0 unspecified atom stereocenters. The first-order chi connectivity index (χ1) is 5.06. The second kappa shape index (κ2) is 1.89. The standard InChI is InChI=1S/C10H16O/c1-9(2,3)10-7-5-4-6-8(10)11-10/h4-5,8H,6-7H2,1-3H3/t8-,10+/m1/s1. The Labute approximate surface area is 68.4 Å². The van der Waals surface area contributed by atoms with Crippen molar-refractivity contribution in [2.75, 3.05) is 0 Å². The molecule has 62 valence electrons. The van der Waals surface area contributed by atoms with E-state index in [4.69, 9.17) is 4.74 Å². The largest absolute Gasteiger partial charge is 0.365 e. The van der Waals surface area contributed by atoms with Crippen molar-refractivity contribution in [2.45, 2.75) is 45.3 Å². The summed E-state index contributed by atoms with van der Waals surface area (Å²) in [5.41, 5.74) is 0.504. The molecule has 1 fully saturated rings. The fourth-order valence-electron chi connectivity index (χ4n) is 2.08. The molecule has 11 heavy (non-hydrogen) atoms. The van der Waals surface area contributed by atoms with Gasteiger partial charge in [-0.1, -0.05) is 32.9 Å². The van der Waals surface area contributed by atoms with Gasteiger partial charge < -0.3 is 4.74 Å². The Bertz CT molecular complexity index is 199. The minimum absolute atomic E-state index is 0.196. The normalized spacial score (nSPS) is 41.9. The highest BCUT2D eigenvalue weighted by atomic mass is 16.6. The van der Waals surface area contributed by atoms with Crippen molar-refractivity contribution in [3.8, 4) is 0 Å². The van der Waals surface area contributed by atoms with Crippen molar-refractivity contribution in [1.82, 2.24) is 0 Å². The molecule has 0 amide bonds. The number of epoxide rings is 1. The summed E-state index contributed by atoms with van der Waals surface area (Å²) in [6.45, 7) is 6.81. The molecular formula is C10H16O. The summed E-state index contributed by atoms with van der Waals surface area (Å²) in [4.78, 5) is 0. The van der Waals surface area contributed by atoms with Crippen LogP contribution in [0.2, 0.25) is 0 Å². The van der Waals surface area contributed by atoms with Gasteiger partial charge in [0.15, 0.2) is 0 Å². The molecule has 1 aliphatic heterocycles. The topological polar surface area (TPSA) is 12.5 Å². The van der Waals surface area contributed by atoms with Gasteiger partial charge >= 0.3 is 0 Å². The van der Waals surface area contributed by atoms with E-state index in [0.717, 1.165) is 12.8 Å². The van der Waals surface area contributed by atoms with Crippen molar-refractivity contribution in [2.24, 2.45) is 5.41 Å². The van der Waals surface area contributed by atoms with E-state index in [1.54, 1.807) is 0 Å². The van der Waals surface area contributed by atoms with Crippen LogP contribution in [0.3, 0.4) is 0 Å². The van der Waals surface area contributed by atoms with Crippen molar-refractivity contribution in [3.05, 3.63) is 12.2 Å². The maximum Gasteiger partial charge on any atom is 0.103 e. The van der Waals surface area contributed by atoms with Gasteiger partial charge in [-0.2, -0.15) is 0 Å². The van der Waals surface area contributed by atoms with Crippen LogP contribution in [0, 0.1) is 5.41 Å². The van der Waals surface area contributed by atoms with Crippen molar-refractivity contribution in [1.29, 1.82) is 0 Å². The second-order valence-corrected chi connectivity index (χ2v) is 4.66. The van der Waals surface area contributed by atoms with Crippen LogP contribution in [-0.4, -0.2) is 11.7 Å². The predicted octanol–water partition coefficient (Wildman–Crippen LogP) is 2.52. The Kier molecular flexibility index (Phi) is 1.26. The zero-order valence-corrected chi connectivity index (χ0v) is 7.55. The van der Waals surface area contributed by atoms with Crippen LogP contribution >= 0.6 is 0 Å². The molecule has 2 aliphatic rings. The molecule has 0 N–H and O–H groups in total. The molecule has 2 rings (SSSR count). The highest BCUT2D eigenvalue weighted by molar-refractivity contribution is 5.18. The summed E-state index contributed by atoms with van der Waals surface area (Å²) in [5, 5.41) is 0. The number of hydrogen-bond acceptors (Lipinski definition) is 1. The lowest BCUT2D eigenvalue weighted by atomic mass is 9.74. The number of rotatable bonds is 0. The van der Waals surface area contributed by atoms with E-state index >= 15 is 0 Å². The molecule has 0 aromatic carbocycles. The van der Waals surface area contributed by atoms with E-state index in [1.807, 2.05) is 0 Å². The first kappa shape index (κ1) is 7.35. The van der Waals surface area contributed by atoms with Crippen LogP contribution in [0.25, 0.3) is 0 Å². The van der Waals surface area contributed by atoms with Gasteiger partial charge in [0.1, 0.15) is 5.60 Å². The number of hydrogen-bond donors (Lipinski definition) is 0. The number of fused-ring (bicyclic) bond motifs is 1. The van der Waals surface area contributed by atoms with Gasteiger partial charge in [-0.15, -0.1) is 0 Å². The molecule has 0 saturated carbocycles. The zero-order valence-electron chi connectivity index (χ0n) is 7.55. The fourth-order valence-corrected chi connectivity index (χ4v) is 2.08. The van der Waals surface area contributed by atoms with Crippen LogP contribution < -0.4 is 0 Å². The molecular weight excluding hydrogens is 136 g/mol. The third kappa shape index (κ3) is 0.871. The van der Waals surface area contributed by atoms with E-state index in [0.29, 0.717) is 11.5 Å². The summed E-state index contributed by atoms with van der Waals surface area (Å²) in [5.74, 6) is 0. The summed E-state index contributed by atoms with van der Waals surface area (Å²) >= 11 is 0.